The minimum atomic E-state index is -2.12. The highest BCUT2D eigenvalue weighted by Crippen LogP contribution is 2.78. The van der Waals surface area contributed by atoms with Crippen molar-refractivity contribution in [3.05, 3.63) is 182 Å². The molecule has 0 N–H and O–H groups in total. The molecule has 78 heavy (non-hydrogen) atoms. The number of methoxy groups -OCH3 is 1. The molecule has 6 heteroatoms. The van der Waals surface area contributed by atoms with Gasteiger partial charge in [0.15, 0.2) is 0 Å². The standard InChI is InChI=1S/C72H88O4P2/c1-52(51-78(58-35-21-12-22-36-58,59-37-23-13-24-38-59)60-39-25-14-26-40-60)61-43-46-72(67(74)75-8)48-47-70(6)62(65(61)72)41-42-64-69(5)50-54(66(76-53(2)73)68(3,4)63(69)44-45-71(64,70)7)28-27-49-77(55-29-15-9-16-30-55,56-31-17-10-18-32-56)57-33-19-11-20-34-57/h9-26,29-40,52,54,61-66H,27-28,41-51H2,1-8H3/q+2/t52?,54-,61?,62?,63?,64?,65?,66-,69-,70+,71+,72-/m0/s1. The quantitative estimate of drug-likeness (QED) is 0.0760. The third-order valence-electron chi connectivity index (χ3n) is 22.9. The number of hydrogen-bond donors (Lipinski definition) is 0. The lowest BCUT2D eigenvalue weighted by atomic mass is 9.31. The molecule has 4 nitrogen and oxygen atoms in total. The molecule has 0 radical (unpaired) electrons. The molecule has 0 saturated heterocycles. The summed E-state index contributed by atoms with van der Waals surface area (Å²) in [7, 11) is -2.50. The van der Waals surface area contributed by atoms with Gasteiger partial charge in [0.25, 0.3) is 0 Å². The van der Waals surface area contributed by atoms with Crippen LogP contribution in [0.5, 0.6) is 0 Å². The second-order valence-electron chi connectivity index (χ2n) is 26.5. The lowest BCUT2D eigenvalue weighted by Crippen LogP contribution is -2.68. The molecular formula is C72H88O4P2+2. The van der Waals surface area contributed by atoms with Crippen molar-refractivity contribution in [2.75, 3.05) is 19.4 Å². The van der Waals surface area contributed by atoms with Gasteiger partial charge in [-0.15, -0.1) is 0 Å². The minimum absolute atomic E-state index is 0.0501. The van der Waals surface area contributed by atoms with Gasteiger partial charge in [0.2, 0.25) is 0 Å². The number of rotatable bonds is 15. The zero-order valence-electron chi connectivity index (χ0n) is 48.2. The maximum atomic E-state index is 14.8. The molecule has 5 saturated carbocycles. The van der Waals surface area contributed by atoms with Crippen molar-refractivity contribution >= 4 is 58.3 Å². The number of benzene rings is 6. The molecule has 408 valence electrons. The van der Waals surface area contributed by atoms with E-state index in [0.717, 1.165) is 70.1 Å². The van der Waals surface area contributed by atoms with Crippen molar-refractivity contribution in [3.8, 4) is 0 Å². The summed E-state index contributed by atoms with van der Waals surface area (Å²) in [6.45, 7) is 17.3. The lowest BCUT2D eigenvalue weighted by Gasteiger charge is -2.73. The molecule has 5 fully saturated rings. The van der Waals surface area contributed by atoms with E-state index in [1.54, 1.807) is 14.0 Å². The molecule has 6 unspecified atom stereocenters. The van der Waals surface area contributed by atoms with Crippen molar-refractivity contribution in [3.63, 3.8) is 0 Å². The van der Waals surface area contributed by atoms with E-state index in [9.17, 15) is 9.59 Å². The normalized spacial score (nSPS) is 31.6. The SMILES string of the molecule is COC(=O)[C@]12CCC(C(C)C[P+](c3ccccc3)(c3ccccc3)c3ccccc3)C1C1CCC3[C@@]4(C)C[C@H](CCC[P+](c5ccccc5)(c5ccccc5)c5ccccc5)[C@H](OC(C)=O)C(C)(C)C4CC[C@@]3(C)[C@]1(C)CC2. The number of carbonyl (C=O) groups excluding carboxylic acids is 2. The number of hydrogen-bond acceptors (Lipinski definition) is 4. The number of ether oxygens (including phenoxy) is 2. The van der Waals surface area contributed by atoms with E-state index in [4.69, 9.17) is 9.47 Å². The number of fused-ring (bicyclic) bond motifs is 7. The summed E-state index contributed by atoms with van der Waals surface area (Å²) in [5.74, 6) is 2.55. The largest absolute Gasteiger partial charge is 0.469 e. The smallest absolute Gasteiger partial charge is 0.312 e. The van der Waals surface area contributed by atoms with Gasteiger partial charge in [-0.1, -0.05) is 151 Å². The molecule has 0 aromatic heterocycles. The van der Waals surface area contributed by atoms with Crippen LogP contribution in [0.1, 0.15) is 119 Å². The van der Waals surface area contributed by atoms with Crippen LogP contribution in [0.2, 0.25) is 0 Å². The van der Waals surface area contributed by atoms with Crippen LogP contribution in [0.15, 0.2) is 182 Å². The fourth-order valence-electron chi connectivity index (χ4n) is 19.7. The van der Waals surface area contributed by atoms with Gasteiger partial charge < -0.3 is 9.47 Å². The Kier molecular flexibility index (Phi) is 15.2. The van der Waals surface area contributed by atoms with Crippen molar-refractivity contribution in [1.82, 2.24) is 0 Å². The molecule has 0 spiro atoms. The Balaban J connectivity index is 0.938. The van der Waals surface area contributed by atoms with Crippen LogP contribution in [-0.4, -0.2) is 37.5 Å². The van der Waals surface area contributed by atoms with E-state index in [2.05, 4.69) is 224 Å². The zero-order valence-corrected chi connectivity index (χ0v) is 49.9. The first kappa shape index (κ1) is 55.0. The van der Waals surface area contributed by atoms with Crippen LogP contribution in [0.4, 0.5) is 0 Å². The number of esters is 2. The van der Waals surface area contributed by atoms with Gasteiger partial charge in [0.1, 0.15) is 52.5 Å². The average Bonchev–Trinajstić information content (AvgIpc) is 2.55. The predicted octanol–water partition coefficient (Wildman–Crippen LogP) is 14.8. The maximum absolute atomic E-state index is 14.8. The molecular weight excluding hydrogens is 991 g/mol. The van der Waals surface area contributed by atoms with E-state index in [0.29, 0.717) is 29.6 Å². The highest BCUT2D eigenvalue weighted by Gasteiger charge is 2.73. The maximum Gasteiger partial charge on any atom is 0.312 e. The van der Waals surface area contributed by atoms with E-state index in [1.807, 2.05) is 0 Å². The summed E-state index contributed by atoms with van der Waals surface area (Å²) < 4.78 is 12.7. The van der Waals surface area contributed by atoms with Crippen molar-refractivity contribution in [2.45, 2.75) is 125 Å². The van der Waals surface area contributed by atoms with E-state index in [1.165, 1.54) is 44.7 Å². The van der Waals surface area contributed by atoms with Gasteiger partial charge >= 0.3 is 11.9 Å². The van der Waals surface area contributed by atoms with Gasteiger partial charge in [0.05, 0.1) is 24.8 Å². The molecule has 5 aliphatic rings. The van der Waals surface area contributed by atoms with Crippen LogP contribution in [0.25, 0.3) is 0 Å². The second-order valence-corrected chi connectivity index (χ2v) is 33.7. The Labute approximate surface area is 470 Å². The third kappa shape index (κ3) is 8.82. The summed E-state index contributed by atoms with van der Waals surface area (Å²) in [5.41, 5.74) is -0.464. The average molecular weight is 1080 g/mol. The monoisotopic (exact) mass is 1080 g/mol. The topological polar surface area (TPSA) is 52.6 Å². The van der Waals surface area contributed by atoms with Crippen LogP contribution in [-0.2, 0) is 19.1 Å². The van der Waals surface area contributed by atoms with Crippen LogP contribution in [0.3, 0.4) is 0 Å². The van der Waals surface area contributed by atoms with E-state index >= 15 is 0 Å². The molecule has 12 atom stereocenters. The van der Waals surface area contributed by atoms with Gasteiger partial charge in [-0.3, -0.25) is 9.59 Å². The molecule has 6 aromatic rings. The first-order chi connectivity index (χ1) is 37.6. The predicted molar refractivity (Wildman–Crippen MR) is 329 cm³/mol. The van der Waals surface area contributed by atoms with Crippen molar-refractivity contribution < 1.29 is 19.1 Å². The van der Waals surface area contributed by atoms with Gasteiger partial charge in [0, 0.05) is 12.3 Å². The fraction of sp³-hybridized carbons (Fsp3) is 0.472. The van der Waals surface area contributed by atoms with Gasteiger partial charge in [-0.2, -0.15) is 0 Å². The molecule has 11 rings (SSSR count). The lowest BCUT2D eigenvalue weighted by molar-refractivity contribution is -0.261. The van der Waals surface area contributed by atoms with Crippen LogP contribution < -0.4 is 31.8 Å². The zero-order chi connectivity index (χ0) is 54.6. The summed E-state index contributed by atoms with van der Waals surface area (Å²) in [5, 5.41) is 8.59. The summed E-state index contributed by atoms with van der Waals surface area (Å²) in [6.07, 6.45) is 13.7. The Bertz CT molecular complexity index is 2810. The second kappa shape index (κ2) is 21.5. The van der Waals surface area contributed by atoms with Crippen LogP contribution in [0, 0.1) is 68.5 Å². The minimum Gasteiger partial charge on any atom is -0.469 e. The van der Waals surface area contributed by atoms with Crippen molar-refractivity contribution in [1.29, 1.82) is 0 Å². The summed E-state index contributed by atoms with van der Waals surface area (Å²) >= 11 is 0. The highest BCUT2D eigenvalue weighted by molar-refractivity contribution is 7.96. The van der Waals surface area contributed by atoms with E-state index < -0.39 is 19.9 Å². The molecule has 0 heterocycles. The Morgan fingerprint density at radius 2 is 1.01 bits per heavy atom. The third-order valence-corrected chi connectivity index (χ3v) is 32.1. The molecule has 0 amide bonds. The van der Waals surface area contributed by atoms with Crippen molar-refractivity contribution in [2.24, 2.45) is 68.5 Å². The Morgan fingerprint density at radius 3 is 1.46 bits per heavy atom. The van der Waals surface area contributed by atoms with Gasteiger partial charge in [-0.25, -0.2) is 0 Å². The molecule has 0 aliphatic heterocycles. The molecule has 6 aromatic carbocycles. The molecule has 0 bridgehead atoms. The summed E-state index contributed by atoms with van der Waals surface area (Å²) in [6, 6.07) is 68.3. The highest BCUT2D eigenvalue weighted by atomic mass is 31.2. The fourth-order valence-corrected chi connectivity index (χ4v) is 28.8. The summed E-state index contributed by atoms with van der Waals surface area (Å²) in [4.78, 5) is 28.2. The first-order valence-corrected chi connectivity index (χ1v) is 33.9. The van der Waals surface area contributed by atoms with Gasteiger partial charge in [-0.05, 0) is 201 Å². The first-order valence-electron chi connectivity index (χ1n) is 30.0. The van der Waals surface area contributed by atoms with E-state index in [-0.39, 0.29) is 51.5 Å². The molecule has 5 aliphatic carbocycles. The Morgan fingerprint density at radius 1 is 0.551 bits per heavy atom. The number of carbonyl (C=O) groups is 2. The van der Waals surface area contributed by atoms with Crippen LogP contribution >= 0.6 is 14.5 Å². The Hall–Kier alpha value is -4.88.